The summed E-state index contributed by atoms with van der Waals surface area (Å²) in [6.07, 6.45) is 1.35. The van der Waals surface area contributed by atoms with Crippen LogP contribution in [0.1, 0.15) is 18.4 Å². The van der Waals surface area contributed by atoms with E-state index >= 15 is 0 Å². The Balaban J connectivity index is 1.80. The minimum Gasteiger partial charge on any atom is -0.373 e. The normalized spacial score (nSPS) is 16.8. The first-order valence-electron chi connectivity index (χ1n) is 4.62. The zero-order valence-corrected chi connectivity index (χ0v) is 9.29. The molecule has 3 heteroatoms. The van der Waals surface area contributed by atoms with Crippen molar-refractivity contribution >= 4 is 21.7 Å². The predicted molar refractivity (Wildman–Crippen MR) is 57.0 cm³/mol. The van der Waals surface area contributed by atoms with Gasteiger partial charge in [0, 0.05) is 17.3 Å². The second kappa shape index (κ2) is 4.24. The fourth-order valence-electron chi connectivity index (χ4n) is 1.36. The Hall–Kier alpha value is -0.670. The Morgan fingerprint density at radius 3 is 2.50 bits per heavy atom. The Morgan fingerprint density at radius 2 is 1.93 bits per heavy atom. The molecule has 1 aliphatic rings. The Labute approximate surface area is 91.4 Å². The van der Waals surface area contributed by atoms with Gasteiger partial charge < -0.3 is 4.74 Å². The number of hydrogen-bond acceptors (Lipinski definition) is 2. The molecule has 74 valence electrons. The number of hydrogen-bond donors (Lipinski definition) is 0. The van der Waals surface area contributed by atoms with E-state index in [-0.39, 0.29) is 6.10 Å². The monoisotopic (exact) mass is 254 g/mol. The first kappa shape index (κ1) is 9.87. The molecule has 0 unspecified atom stereocenters. The van der Waals surface area contributed by atoms with Gasteiger partial charge in [-0.15, -0.1) is 0 Å². The van der Waals surface area contributed by atoms with Crippen molar-refractivity contribution in [3.8, 4) is 0 Å². The van der Waals surface area contributed by atoms with E-state index in [0.717, 1.165) is 10.0 Å². The molecule has 0 aliphatic heterocycles. The Bertz CT molecular complexity index is 324. The molecule has 1 aliphatic carbocycles. The zero-order chi connectivity index (χ0) is 9.97. The van der Waals surface area contributed by atoms with Gasteiger partial charge in [-0.3, -0.25) is 4.79 Å². The summed E-state index contributed by atoms with van der Waals surface area (Å²) < 4.78 is 6.61. The number of ether oxygens (including phenoxy) is 1. The number of benzene rings is 1. The lowest BCUT2D eigenvalue weighted by Crippen LogP contribution is -2.31. The van der Waals surface area contributed by atoms with Crippen molar-refractivity contribution in [1.29, 1.82) is 0 Å². The first-order chi connectivity index (χ1) is 6.74. The Kier molecular flexibility index (Phi) is 2.99. The zero-order valence-electron chi connectivity index (χ0n) is 7.70. The van der Waals surface area contributed by atoms with Crippen LogP contribution in [-0.2, 0) is 16.1 Å². The van der Waals surface area contributed by atoms with Crippen molar-refractivity contribution in [2.45, 2.75) is 25.6 Å². The van der Waals surface area contributed by atoms with E-state index in [1.165, 1.54) is 0 Å². The molecule has 1 aromatic carbocycles. The van der Waals surface area contributed by atoms with Gasteiger partial charge in [-0.1, -0.05) is 28.1 Å². The van der Waals surface area contributed by atoms with E-state index in [9.17, 15) is 4.79 Å². The molecule has 0 aromatic heterocycles. The molecular weight excluding hydrogens is 244 g/mol. The molecule has 0 spiro atoms. The lowest BCUT2D eigenvalue weighted by Gasteiger charge is -2.24. The van der Waals surface area contributed by atoms with Crippen LogP contribution in [0, 0.1) is 0 Å². The van der Waals surface area contributed by atoms with Gasteiger partial charge in [0.2, 0.25) is 0 Å². The SMILES string of the molecule is O=C1CC(OCc2ccc(Br)cc2)C1. The summed E-state index contributed by atoms with van der Waals surface area (Å²) in [5.74, 6) is 0.311. The van der Waals surface area contributed by atoms with Crippen LogP contribution in [0.5, 0.6) is 0 Å². The molecule has 14 heavy (non-hydrogen) atoms. The lowest BCUT2D eigenvalue weighted by atomic mass is 9.94. The standard InChI is InChI=1S/C11H11BrO2/c12-9-3-1-8(2-4-9)7-14-11-5-10(13)6-11/h1-4,11H,5-7H2. The van der Waals surface area contributed by atoms with Crippen molar-refractivity contribution in [2.75, 3.05) is 0 Å². The molecule has 1 aromatic rings. The molecule has 0 radical (unpaired) electrons. The fourth-order valence-corrected chi connectivity index (χ4v) is 1.62. The average molecular weight is 255 g/mol. The van der Waals surface area contributed by atoms with Crippen molar-refractivity contribution in [3.63, 3.8) is 0 Å². The molecule has 0 saturated heterocycles. The molecule has 0 heterocycles. The average Bonchev–Trinajstić information content (AvgIpc) is 2.13. The van der Waals surface area contributed by atoms with E-state index in [1.54, 1.807) is 0 Å². The number of carbonyl (C=O) groups excluding carboxylic acids is 1. The molecule has 2 nitrogen and oxygen atoms in total. The molecule has 0 bridgehead atoms. The summed E-state index contributed by atoms with van der Waals surface area (Å²) in [5.41, 5.74) is 1.15. The van der Waals surface area contributed by atoms with Crippen LogP contribution < -0.4 is 0 Å². The van der Waals surface area contributed by atoms with Gasteiger partial charge in [0.25, 0.3) is 0 Å². The van der Waals surface area contributed by atoms with Gasteiger partial charge in [-0.25, -0.2) is 0 Å². The second-order valence-electron chi connectivity index (χ2n) is 3.51. The number of halogens is 1. The summed E-state index contributed by atoms with van der Waals surface area (Å²) in [7, 11) is 0. The smallest absolute Gasteiger partial charge is 0.138 e. The highest BCUT2D eigenvalue weighted by molar-refractivity contribution is 9.10. The summed E-state index contributed by atoms with van der Waals surface area (Å²) in [6.45, 7) is 0.602. The number of carbonyl (C=O) groups is 1. The Morgan fingerprint density at radius 1 is 1.29 bits per heavy atom. The molecule has 1 fully saturated rings. The largest absolute Gasteiger partial charge is 0.373 e. The van der Waals surface area contributed by atoms with Crippen LogP contribution in [0.3, 0.4) is 0 Å². The van der Waals surface area contributed by atoms with Crippen LogP contribution in [0.25, 0.3) is 0 Å². The van der Waals surface area contributed by atoms with Gasteiger partial charge in [0.1, 0.15) is 5.78 Å². The van der Waals surface area contributed by atoms with Crippen LogP contribution in [-0.4, -0.2) is 11.9 Å². The lowest BCUT2D eigenvalue weighted by molar-refractivity contribution is -0.135. The maximum absolute atomic E-state index is 10.7. The molecule has 1 saturated carbocycles. The van der Waals surface area contributed by atoms with E-state index < -0.39 is 0 Å². The van der Waals surface area contributed by atoms with E-state index in [4.69, 9.17) is 4.74 Å². The summed E-state index contributed by atoms with van der Waals surface area (Å²) in [5, 5.41) is 0. The predicted octanol–water partition coefficient (Wildman–Crippen LogP) is 2.70. The van der Waals surface area contributed by atoms with Crippen molar-refractivity contribution in [1.82, 2.24) is 0 Å². The number of rotatable bonds is 3. The summed E-state index contributed by atoms with van der Waals surface area (Å²) in [4.78, 5) is 10.7. The molecule has 0 amide bonds. The summed E-state index contributed by atoms with van der Waals surface area (Å²) >= 11 is 3.37. The third kappa shape index (κ3) is 2.42. The van der Waals surface area contributed by atoms with Gasteiger partial charge >= 0.3 is 0 Å². The highest BCUT2D eigenvalue weighted by Crippen LogP contribution is 2.20. The highest BCUT2D eigenvalue weighted by atomic mass is 79.9. The minimum absolute atomic E-state index is 0.158. The van der Waals surface area contributed by atoms with Gasteiger partial charge in [-0.05, 0) is 17.7 Å². The maximum atomic E-state index is 10.7. The maximum Gasteiger partial charge on any atom is 0.138 e. The van der Waals surface area contributed by atoms with E-state index in [2.05, 4.69) is 15.9 Å². The van der Waals surface area contributed by atoms with Crippen molar-refractivity contribution in [3.05, 3.63) is 34.3 Å². The minimum atomic E-state index is 0.158. The topological polar surface area (TPSA) is 26.3 Å². The van der Waals surface area contributed by atoms with Gasteiger partial charge in [0.05, 0.1) is 12.7 Å². The molecule has 0 atom stereocenters. The number of ketones is 1. The van der Waals surface area contributed by atoms with Crippen LogP contribution >= 0.6 is 15.9 Å². The van der Waals surface area contributed by atoms with Crippen molar-refractivity contribution in [2.24, 2.45) is 0 Å². The first-order valence-corrected chi connectivity index (χ1v) is 5.41. The second-order valence-corrected chi connectivity index (χ2v) is 4.42. The molecule has 0 N–H and O–H groups in total. The van der Waals surface area contributed by atoms with Gasteiger partial charge in [0.15, 0.2) is 0 Å². The van der Waals surface area contributed by atoms with Gasteiger partial charge in [-0.2, -0.15) is 0 Å². The van der Waals surface area contributed by atoms with Crippen molar-refractivity contribution < 1.29 is 9.53 Å². The van der Waals surface area contributed by atoms with E-state index in [0.29, 0.717) is 25.2 Å². The number of Topliss-reactive ketones (excluding diaryl/α,β-unsaturated/α-hetero) is 1. The van der Waals surface area contributed by atoms with Crippen LogP contribution in [0.4, 0.5) is 0 Å². The quantitative estimate of drug-likeness (QED) is 0.830. The van der Waals surface area contributed by atoms with Crippen LogP contribution in [0.15, 0.2) is 28.7 Å². The third-order valence-corrected chi connectivity index (χ3v) is 2.84. The van der Waals surface area contributed by atoms with E-state index in [1.807, 2.05) is 24.3 Å². The third-order valence-electron chi connectivity index (χ3n) is 2.31. The highest BCUT2D eigenvalue weighted by Gasteiger charge is 2.26. The van der Waals surface area contributed by atoms with Crippen LogP contribution in [0.2, 0.25) is 0 Å². The molecular formula is C11H11BrO2. The fraction of sp³-hybridized carbons (Fsp3) is 0.364. The summed E-state index contributed by atoms with van der Waals surface area (Å²) in [6, 6.07) is 8.02. The molecule has 2 rings (SSSR count).